The van der Waals surface area contributed by atoms with E-state index in [2.05, 4.69) is 25.4 Å². The minimum atomic E-state index is -2.54. The van der Waals surface area contributed by atoms with E-state index < -0.39 is 5.92 Å². The largest absolute Gasteiger partial charge is 0.350 e. The van der Waals surface area contributed by atoms with Crippen LogP contribution in [-0.2, 0) is 0 Å². The van der Waals surface area contributed by atoms with Gasteiger partial charge in [0.25, 0.3) is 0 Å². The molecule has 1 aliphatic carbocycles. The number of anilines is 1. The number of nitrogens with zero attached hydrogens (tertiary/aromatic N) is 5. The van der Waals surface area contributed by atoms with Crippen molar-refractivity contribution >= 4 is 22.5 Å². The van der Waals surface area contributed by atoms with Gasteiger partial charge in [-0.05, 0) is 43.2 Å². The van der Waals surface area contributed by atoms with Crippen LogP contribution in [0.15, 0.2) is 48.9 Å². The van der Waals surface area contributed by atoms with Crippen molar-refractivity contribution < 1.29 is 8.78 Å². The van der Waals surface area contributed by atoms with Crippen LogP contribution in [0.25, 0.3) is 27.8 Å². The van der Waals surface area contributed by atoms with Crippen molar-refractivity contribution in [3.8, 4) is 11.3 Å². The third-order valence-electron chi connectivity index (χ3n) is 5.20. The van der Waals surface area contributed by atoms with Crippen LogP contribution in [0.3, 0.4) is 0 Å². The highest BCUT2D eigenvalue weighted by atomic mass is 19.3. The van der Waals surface area contributed by atoms with E-state index in [-0.39, 0.29) is 18.9 Å². The first kappa shape index (κ1) is 17.0. The molecule has 0 amide bonds. The fourth-order valence-corrected chi connectivity index (χ4v) is 3.66. The summed E-state index contributed by atoms with van der Waals surface area (Å²) in [6, 6.07) is 9.58. The summed E-state index contributed by atoms with van der Waals surface area (Å²) in [6.45, 7) is 0. The molecule has 1 N–H and O–H groups in total. The fourth-order valence-electron chi connectivity index (χ4n) is 3.66. The van der Waals surface area contributed by atoms with Crippen molar-refractivity contribution in [1.82, 2.24) is 24.6 Å². The Hall–Kier alpha value is -3.16. The molecule has 4 heterocycles. The molecule has 0 aliphatic heterocycles. The van der Waals surface area contributed by atoms with Crippen molar-refractivity contribution in [2.45, 2.75) is 37.6 Å². The van der Waals surface area contributed by atoms with E-state index in [9.17, 15) is 8.78 Å². The van der Waals surface area contributed by atoms with Crippen molar-refractivity contribution in [2.24, 2.45) is 0 Å². The molecule has 0 bridgehead atoms. The highest BCUT2D eigenvalue weighted by Crippen LogP contribution is 2.34. The molecule has 0 aromatic carbocycles. The lowest BCUT2D eigenvalue weighted by Crippen LogP contribution is -2.32. The minimum Gasteiger partial charge on any atom is -0.350 e. The quantitative estimate of drug-likeness (QED) is 0.573. The van der Waals surface area contributed by atoms with Crippen LogP contribution >= 0.6 is 0 Å². The van der Waals surface area contributed by atoms with Gasteiger partial charge in [-0.1, -0.05) is 0 Å². The number of alkyl halides is 2. The molecule has 28 heavy (non-hydrogen) atoms. The number of rotatable bonds is 3. The summed E-state index contributed by atoms with van der Waals surface area (Å²) in [5.41, 5.74) is 4.25. The van der Waals surface area contributed by atoms with Gasteiger partial charge in [-0.15, -0.1) is 5.10 Å². The molecule has 4 aromatic heterocycles. The summed E-state index contributed by atoms with van der Waals surface area (Å²) in [5, 5.41) is 7.66. The summed E-state index contributed by atoms with van der Waals surface area (Å²) in [6.07, 6.45) is 5.97. The number of halogens is 2. The van der Waals surface area contributed by atoms with Crippen molar-refractivity contribution in [3.63, 3.8) is 0 Å². The van der Waals surface area contributed by atoms with Gasteiger partial charge in [0.15, 0.2) is 0 Å². The molecule has 0 saturated heterocycles. The van der Waals surface area contributed by atoms with Gasteiger partial charge in [0.2, 0.25) is 11.9 Å². The Morgan fingerprint density at radius 3 is 2.75 bits per heavy atom. The Kier molecular flexibility index (Phi) is 3.92. The van der Waals surface area contributed by atoms with Crippen LogP contribution in [0.1, 0.15) is 25.7 Å². The molecule has 0 spiro atoms. The molecule has 1 aliphatic rings. The molecular weight excluding hydrogens is 362 g/mol. The smallest absolute Gasteiger partial charge is 0.248 e. The zero-order valence-electron chi connectivity index (χ0n) is 15.0. The summed E-state index contributed by atoms with van der Waals surface area (Å²) >= 11 is 0. The summed E-state index contributed by atoms with van der Waals surface area (Å²) in [5.74, 6) is -2.10. The topological polar surface area (TPSA) is 68.0 Å². The third kappa shape index (κ3) is 3.15. The van der Waals surface area contributed by atoms with Crippen LogP contribution in [-0.4, -0.2) is 36.5 Å². The zero-order chi connectivity index (χ0) is 19.1. The SMILES string of the molecule is FC1(F)CCC(Nc2ncc3c(-c4ccc5ncccc5n4)ccn3n2)CC1. The molecule has 0 unspecified atom stereocenters. The van der Waals surface area contributed by atoms with E-state index in [1.165, 1.54) is 0 Å². The molecule has 0 radical (unpaired) electrons. The van der Waals surface area contributed by atoms with Crippen molar-refractivity contribution in [1.29, 1.82) is 0 Å². The number of nitrogens with one attached hydrogen (secondary N) is 1. The lowest BCUT2D eigenvalue weighted by Gasteiger charge is -2.28. The average molecular weight is 380 g/mol. The maximum Gasteiger partial charge on any atom is 0.248 e. The Bertz CT molecular complexity index is 1150. The maximum absolute atomic E-state index is 13.3. The monoisotopic (exact) mass is 380 g/mol. The second-order valence-electron chi connectivity index (χ2n) is 7.15. The number of fused-ring (bicyclic) bond motifs is 2. The second-order valence-corrected chi connectivity index (χ2v) is 7.15. The first-order valence-corrected chi connectivity index (χ1v) is 9.28. The van der Waals surface area contributed by atoms with Gasteiger partial charge < -0.3 is 5.32 Å². The van der Waals surface area contributed by atoms with Gasteiger partial charge in [-0.3, -0.25) is 4.98 Å². The van der Waals surface area contributed by atoms with Gasteiger partial charge in [0, 0.05) is 36.8 Å². The predicted octanol–water partition coefficient (Wildman–Crippen LogP) is 4.33. The molecule has 6 nitrogen and oxygen atoms in total. The molecule has 0 atom stereocenters. The van der Waals surface area contributed by atoms with Crippen LogP contribution in [0, 0.1) is 0 Å². The summed E-state index contributed by atoms with van der Waals surface area (Å²) < 4.78 is 28.4. The first-order chi connectivity index (χ1) is 13.6. The van der Waals surface area contributed by atoms with Crippen molar-refractivity contribution in [2.75, 3.05) is 5.32 Å². The van der Waals surface area contributed by atoms with Crippen molar-refractivity contribution in [3.05, 3.63) is 48.9 Å². The Morgan fingerprint density at radius 1 is 1.04 bits per heavy atom. The van der Waals surface area contributed by atoms with E-state index in [0.29, 0.717) is 18.8 Å². The highest BCUT2D eigenvalue weighted by molar-refractivity contribution is 5.83. The number of hydrogen-bond donors (Lipinski definition) is 1. The van der Waals surface area contributed by atoms with E-state index in [0.717, 1.165) is 27.8 Å². The van der Waals surface area contributed by atoms with Crippen LogP contribution in [0.5, 0.6) is 0 Å². The van der Waals surface area contributed by atoms with E-state index in [1.54, 1.807) is 16.9 Å². The van der Waals surface area contributed by atoms with E-state index in [4.69, 9.17) is 0 Å². The molecule has 4 aromatic rings. The minimum absolute atomic E-state index is 0.0261. The lowest BCUT2D eigenvalue weighted by atomic mass is 9.92. The van der Waals surface area contributed by atoms with Crippen LogP contribution in [0.2, 0.25) is 0 Å². The standard InChI is InChI=1S/C20H18F2N6/c21-20(22)8-5-13(6-9-20)25-19-24-12-18-14(7-11-28(18)27-19)15-3-4-16-17(26-15)2-1-10-23-16/h1-4,7,10-13H,5-6,8-9H2,(H,25,27). The second kappa shape index (κ2) is 6.47. The van der Waals surface area contributed by atoms with E-state index >= 15 is 0 Å². The van der Waals surface area contributed by atoms with Gasteiger partial charge in [0.1, 0.15) is 0 Å². The molecular formula is C20H18F2N6. The summed E-state index contributed by atoms with van der Waals surface area (Å²) in [4.78, 5) is 13.4. The molecule has 8 heteroatoms. The highest BCUT2D eigenvalue weighted by Gasteiger charge is 2.35. The zero-order valence-corrected chi connectivity index (χ0v) is 15.0. The van der Waals surface area contributed by atoms with Gasteiger partial charge in [0.05, 0.1) is 28.4 Å². The Morgan fingerprint density at radius 2 is 1.89 bits per heavy atom. The maximum atomic E-state index is 13.3. The predicted molar refractivity (Wildman–Crippen MR) is 102 cm³/mol. The molecule has 142 valence electrons. The van der Waals surface area contributed by atoms with E-state index in [1.807, 2.05) is 36.5 Å². The number of pyridine rings is 2. The fraction of sp³-hybridized carbons (Fsp3) is 0.300. The molecule has 1 saturated carbocycles. The Labute approximate surface area is 159 Å². The number of aromatic nitrogens is 5. The normalized spacial score (nSPS) is 17.2. The molecule has 5 rings (SSSR count). The van der Waals surface area contributed by atoms with Gasteiger partial charge >= 0.3 is 0 Å². The van der Waals surface area contributed by atoms with Crippen LogP contribution < -0.4 is 5.32 Å². The number of hydrogen-bond acceptors (Lipinski definition) is 5. The molecule has 1 fully saturated rings. The summed E-state index contributed by atoms with van der Waals surface area (Å²) in [7, 11) is 0. The van der Waals surface area contributed by atoms with Crippen LogP contribution in [0.4, 0.5) is 14.7 Å². The van der Waals surface area contributed by atoms with Gasteiger partial charge in [-0.25, -0.2) is 23.3 Å². The Balaban J connectivity index is 1.41. The third-order valence-corrected chi connectivity index (χ3v) is 5.20. The lowest BCUT2D eigenvalue weighted by molar-refractivity contribution is -0.0361. The average Bonchev–Trinajstić information content (AvgIpc) is 3.12. The first-order valence-electron chi connectivity index (χ1n) is 9.28. The van der Waals surface area contributed by atoms with Gasteiger partial charge in [-0.2, -0.15) is 0 Å².